The van der Waals surface area contributed by atoms with E-state index in [1.54, 1.807) is 24.3 Å². The van der Waals surface area contributed by atoms with Crippen molar-refractivity contribution in [1.82, 2.24) is 5.32 Å². The Bertz CT molecular complexity index is 359. The Hall–Kier alpha value is -1.55. The average molecular weight is 250 g/mol. The summed E-state index contributed by atoms with van der Waals surface area (Å²) < 4.78 is 5.17. The molecule has 4 nitrogen and oxygen atoms in total. The molecule has 0 aliphatic carbocycles. The lowest BCUT2D eigenvalue weighted by atomic mass is 10.2. The summed E-state index contributed by atoms with van der Waals surface area (Å²) in [6, 6.07) is 7.23. The molecule has 0 amide bonds. The Morgan fingerprint density at radius 3 is 2.44 bits per heavy atom. The molecule has 0 heterocycles. The molecule has 0 unspecified atom stereocenters. The average Bonchev–Trinajstić information content (AvgIpc) is 2.39. The molecule has 0 saturated carbocycles. The first-order valence-electron chi connectivity index (χ1n) is 6.43. The van der Waals surface area contributed by atoms with Gasteiger partial charge in [0.05, 0.1) is 5.56 Å². The Balaban J connectivity index is 2.27. The van der Waals surface area contributed by atoms with E-state index in [0.29, 0.717) is 30.4 Å². The van der Waals surface area contributed by atoms with E-state index >= 15 is 0 Å². The van der Waals surface area contributed by atoms with Crippen molar-refractivity contribution in [2.24, 2.45) is 0 Å². The molecule has 0 atom stereocenters. The highest BCUT2D eigenvalue weighted by Crippen LogP contribution is 2.06. The number of hydrogen-bond acceptors (Lipinski definition) is 4. The van der Waals surface area contributed by atoms with E-state index in [2.05, 4.69) is 19.2 Å². The van der Waals surface area contributed by atoms with E-state index < -0.39 is 0 Å². The van der Waals surface area contributed by atoms with Gasteiger partial charge in [-0.2, -0.15) is 0 Å². The number of nitrogen functional groups attached to an aromatic ring is 1. The van der Waals surface area contributed by atoms with Crippen LogP contribution in [0.2, 0.25) is 0 Å². The molecular weight excluding hydrogens is 228 g/mol. The van der Waals surface area contributed by atoms with E-state index in [-0.39, 0.29) is 5.97 Å². The third kappa shape index (κ3) is 4.75. The topological polar surface area (TPSA) is 64.3 Å². The van der Waals surface area contributed by atoms with Crippen LogP contribution in [0.4, 0.5) is 5.69 Å². The van der Waals surface area contributed by atoms with Crippen LogP contribution in [0, 0.1) is 0 Å². The number of ether oxygens (including phenoxy) is 1. The summed E-state index contributed by atoms with van der Waals surface area (Å²) in [6.07, 6.45) is 2.17. The zero-order valence-corrected chi connectivity index (χ0v) is 11.1. The minimum absolute atomic E-state index is 0.304. The number of esters is 1. The van der Waals surface area contributed by atoms with Crippen molar-refractivity contribution < 1.29 is 9.53 Å². The number of benzene rings is 1. The number of nitrogens with one attached hydrogen (secondary N) is 1. The van der Waals surface area contributed by atoms with Gasteiger partial charge in [0.15, 0.2) is 0 Å². The SMILES string of the molecule is CCC(CC)NCCOC(=O)c1ccc(N)cc1. The smallest absolute Gasteiger partial charge is 0.338 e. The van der Waals surface area contributed by atoms with Gasteiger partial charge in [-0.3, -0.25) is 0 Å². The van der Waals surface area contributed by atoms with Crippen LogP contribution in [0.1, 0.15) is 37.0 Å². The summed E-state index contributed by atoms with van der Waals surface area (Å²) in [6.45, 7) is 5.36. The second kappa shape index (κ2) is 7.71. The van der Waals surface area contributed by atoms with Gasteiger partial charge < -0.3 is 15.8 Å². The molecule has 18 heavy (non-hydrogen) atoms. The molecule has 1 rings (SSSR count). The maximum Gasteiger partial charge on any atom is 0.338 e. The first-order chi connectivity index (χ1) is 8.67. The van der Waals surface area contributed by atoms with E-state index in [1.165, 1.54) is 0 Å². The number of carbonyl (C=O) groups excluding carboxylic acids is 1. The van der Waals surface area contributed by atoms with Crippen molar-refractivity contribution in [3.8, 4) is 0 Å². The Labute approximate surface area is 109 Å². The van der Waals surface area contributed by atoms with Gasteiger partial charge >= 0.3 is 5.97 Å². The number of rotatable bonds is 7. The molecule has 1 aromatic rings. The minimum Gasteiger partial charge on any atom is -0.461 e. The molecule has 0 aliphatic heterocycles. The lowest BCUT2D eigenvalue weighted by Crippen LogP contribution is -2.31. The van der Waals surface area contributed by atoms with Crippen molar-refractivity contribution in [2.75, 3.05) is 18.9 Å². The van der Waals surface area contributed by atoms with Crippen molar-refractivity contribution >= 4 is 11.7 Å². The summed E-state index contributed by atoms with van der Waals surface area (Å²) in [4.78, 5) is 11.6. The fourth-order valence-corrected chi connectivity index (χ4v) is 1.69. The Morgan fingerprint density at radius 1 is 1.28 bits per heavy atom. The standard InChI is InChI=1S/C14H22N2O2/c1-3-13(4-2)16-9-10-18-14(17)11-5-7-12(15)8-6-11/h5-8,13,16H,3-4,9-10,15H2,1-2H3. The van der Waals surface area contributed by atoms with Crippen LogP contribution >= 0.6 is 0 Å². The number of nitrogens with two attached hydrogens (primary N) is 1. The van der Waals surface area contributed by atoms with Gasteiger partial charge in [0.25, 0.3) is 0 Å². The largest absolute Gasteiger partial charge is 0.461 e. The highest BCUT2D eigenvalue weighted by Gasteiger charge is 2.07. The molecule has 0 bridgehead atoms. The summed E-state index contributed by atoms with van der Waals surface area (Å²) >= 11 is 0. The number of carbonyl (C=O) groups is 1. The van der Waals surface area contributed by atoms with Crippen LogP contribution in [-0.4, -0.2) is 25.2 Å². The highest BCUT2D eigenvalue weighted by molar-refractivity contribution is 5.89. The van der Waals surface area contributed by atoms with Crippen LogP contribution in [0.25, 0.3) is 0 Å². The fraction of sp³-hybridized carbons (Fsp3) is 0.500. The van der Waals surface area contributed by atoms with Gasteiger partial charge in [-0.1, -0.05) is 13.8 Å². The first-order valence-corrected chi connectivity index (χ1v) is 6.43. The van der Waals surface area contributed by atoms with Crippen molar-refractivity contribution in [3.63, 3.8) is 0 Å². The molecule has 0 fully saturated rings. The lowest BCUT2D eigenvalue weighted by molar-refractivity contribution is 0.0505. The molecule has 0 radical (unpaired) electrons. The van der Waals surface area contributed by atoms with Gasteiger partial charge in [0.1, 0.15) is 6.61 Å². The second-order valence-corrected chi connectivity index (χ2v) is 4.23. The molecule has 0 spiro atoms. The molecule has 0 aliphatic rings. The zero-order valence-electron chi connectivity index (χ0n) is 11.1. The molecule has 3 N–H and O–H groups in total. The zero-order chi connectivity index (χ0) is 13.4. The van der Waals surface area contributed by atoms with Crippen molar-refractivity contribution in [3.05, 3.63) is 29.8 Å². The van der Waals surface area contributed by atoms with Gasteiger partial charge in [0.2, 0.25) is 0 Å². The molecule has 1 aromatic carbocycles. The quantitative estimate of drug-likeness (QED) is 0.442. The van der Waals surface area contributed by atoms with Gasteiger partial charge in [-0.25, -0.2) is 4.79 Å². The second-order valence-electron chi connectivity index (χ2n) is 4.23. The first kappa shape index (κ1) is 14.5. The van der Waals surface area contributed by atoms with Crippen LogP contribution in [0.3, 0.4) is 0 Å². The third-order valence-electron chi connectivity index (χ3n) is 2.90. The third-order valence-corrected chi connectivity index (χ3v) is 2.90. The maximum atomic E-state index is 11.6. The van der Waals surface area contributed by atoms with Gasteiger partial charge in [-0.15, -0.1) is 0 Å². The summed E-state index contributed by atoms with van der Waals surface area (Å²) in [5.74, 6) is -0.304. The van der Waals surface area contributed by atoms with Gasteiger partial charge in [-0.05, 0) is 37.1 Å². The normalized spacial score (nSPS) is 10.6. The van der Waals surface area contributed by atoms with Crippen LogP contribution < -0.4 is 11.1 Å². The number of hydrogen-bond donors (Lipinski definition) is 2. The molecule has 100 valence electrons. The highest BCUT2D eigenvalue weighted by atomic mass is 16.5. The van der Waals surface area contributed by atoms with Crippen molar-refractivity contribution in [1.29, 1.82) is 0 Å². The summed E-state index contributed by atoms with van der Waals surface area (Å²) in [5.41, 5.74) is 6.72. The molecule has 0 aromatic heterocycles. The predicted octanol–water partition coefficient (Wildman–Crippen LogP) is 2.20. The maximum absolute atomic E-state index is 11.6. The van der Waals surface area contributed by atoms with Crippen molar-refractivity contribution in [2.45, 2.75) is 32.7 Å². The minimum atomic E-state index is -0.304. The summed E-state index contributed by atoms with van der Waals surface area (Å²) in [5, 5.41) is 3.34. The van der Waals surface area contributed by atoms with Crippen LogP contribution in [-0.2, 0) is 4.74 Å². The number of anilines is 1. The predicted molar refractivity (Wildman–Crippen MR) is 73.5 cm³/mol. The molecule has 0 saturated heterocycles. The van der Waals surface area contributed by atoms with E-state index in [0.717, 1.165) is 12.8 Å². The van der Waals surface area contributed by atoms with E-state index in [4.69, 9.17) is 10.5 Å². The lowest BCUT2D eigenvalue weighted by Gasteiger charge is -2.14. The molecular formula is C14H22N2O2. The van der Waals surface area contributed by atoms with Gasteiger partial charge in [0, 0.05) is 18.3 Å². The monoisotopic (exact) mass is 250 g/mol. The Morgan fingerprint density at radius 2 is 1.89 bits per heavy atom. The fourth-order valence-electron chi connectivity index (χ4n) is 1.69. The summed E-state index contributed by atoms with van der Waals surface area (Å²) in [7, 11) is 0. The van der Waals surface area contributed by atoms with Crippen LogP contribution in [0.15, 0.2) is 24.3 Å². The van der Waals surface area contributed by atoms with E-state index in [9.17, 15) is 4.79 Å². The van der Waals surface area contributed by atoms with Crippen LogP contribution in [0.5, 0.6) is 0 Å². The molecule has 4 heteroatoms. The Kier molecular flexibility index (Phi) is 6.22. The van der Waals surface area contributed by atoms with E-state index in [1.807, 2.05) is 0 Å².